The molecule has 3 heterocycles. The fourth-order valence-corrected chi connectivity index (χ4v) is 4.52. The molecule has 0 N–H and O–H groups in total. The molecule has 1 atom stereocenters. The molecule has 32 heavy (non-hydrogen) atoms. The number of aryl methyl sites for hydroxylation is 1. The molecule has 1 amide bonds. The van der Waals surface area contributed by atoms with Crippen molar-refractivity contribution in [3.8, 4) is 0 Å². The number of rotatable bonds is 6. The van der Waals surface area contributed by atoms with Gasteiger partial charge in [-0.3, -0.25) is 4.79 Å². The quantitative estimate of drug-likeness (QED) is 0.689. The highest BCUT2D eigenvalue weighted by molar-refractivity contribution is 5.79. The molecule has 2 aliphatic heterocycles. The Morgan fingerprint density at radius 2 is 1.94 bits per heavy atom. The zero-order valence-corrected chi connectivity index (χ0v) is 19.3. The summed E-state index contributed by atoms with van der Waals surface area (Å²) in [5.41, 5.74) is 2.51. The van der Waals surface area contributed by atoms with Crippen LogP contribution in [0, 0.1) is 24.6 Å². The molecule has 4 rings (SSSR count). The lowest BCUT2D eigenvalue weighted by Crippen LogP contribution is -2.51. The molecule has 7 heteroatoms. The van der Waals surface area contributed by atoms with Crippen molar-refractivity contribution >= 4 is 11.7 Å². The van der Waals surface area contributed by atoms with Crippen molar-refractivity contribution in [3.63, 3.8) is 0 Å². The first kappa shape index (κ1) is 22.6. The summed E-state index contributed by atoms with van der Waals surface area (Å²) >= 11 is 0. The molecule has 0 bridgehead atoms. The lowest BCUT2D eigenvalue weighted by atomic mass is 10.0. The molecule has 0 saturated carbocycles. The Hall–Kier alpha value is -2.54. The van der Waals surface area contributed by atoms with Crippen molar-refractivity contribution < 1.29 is 13.9 Å². The molecule has 2 aromatic rings. The second-order valence-corrected chi connectivity index (χ2v) is 9.27. The van der Waals surface area contributed by atoms with E-state index in [1.165, 1.54) is 6.07 Å². The van der Waals surface area contributed by atoms with Gasteiger partial charge >= 0.3 is 0 Å². The van der Waals surface area contributed by atoms with E-state index in [9.17, 15) is 9.18 Å². The van der Waals surface area contributed by atoms with E-state index in [4.69, 9.17) is 14.7 Å². The Balaban J connectivity index is 1.57. The molecule has 0 unspecified atom stereocenters. The summed E-state index contributed by atoms with van der Waals surface area (Å²) in [5, 5.41) is 0. The summed E-state index contributed by atoms with van der Waals surface area (Å²) in [6, 6.07) is 6.88. The predicted molar refractivity (Wildman–Crippen MR) is 122 cm³/mol. The normalized spacial score (nSPS) is 19.1. The summed E-state index contributed by atoms with van der Waals surface area (Å²) < 4.78 is 19.8. The van der Waals surface area contributed by atoms with Crippen LogP contribution < -0.4 is 4.90 Å². The topological polar surface area (TPSA) is 58.6 Å². The number of piperazine rings is 1. The average molecular weight is 441 g/mol. The second-order valence-electron chi connectivity index (χ2n) is 9.27. The van der Waals surface area contributed by atoms with Crippen LogP contribution in [0.5, 0.6) is 0 Å². The monoisotopic (exact) mass is 440 g/mol. The summed E-state index contributed by atoms with van der Waals surface area (Å²) in [6.45, 7) is 10.3. The second kappa shape index (κ2) is 9.94. The predicted octanol–water partition coefficient (Wildman–Crippen LogP) is 3.40. The number of ether oxygens (including phenoxy) is 1. The Morgan fingerprint density at radius 3 is 2.59 bits per heavy atom. The first-order valence-corrected chi connectivity index (χ1v) is 11.6. The van der Waals surface area contributed by atoms with Crippen molar-refractivity contribution in [2.45, 2.75) is 40.0 Å². The zero-order valence-electron chi connectivity index (χ0n) is 19.3. The van der Waals surface area contributed by atoms with Crippen LogP contribution >= 0.6 is 0 Å². The van der Waals surface area contributed by atoms with Gasteiger partial charge in [0.2, 0.25) is 5.91 Å². The van der Waals surface area contributed by atoms with E-state index >= 15 is 0 Å². The maximum absolute atomic E-state index is 14.4. The summed E-state index contributed by atoms with van der Waals surface area (Å²) in [7, 11) is 0. The fourth-order valence-electron chi connectivity index (χ4n) is 4.52. The molecule has 0 aliphatic carbocycles. The summed E-state index contributed by atoms with van der Waals surface area (Å²) in [4.78, 5) is 26.7. The molecule has 0 radical (unpaired) electrons. The smallest absolute Gasteiger partial charge is 0.228 e. The molecule has 0 spiro atoms. The number of hydrogen-bond acceptors (Lipinski definition) is 5. The lowest BCUT2D eigenvalue weighted by Gasteiger charge is -2.37. The minimum atomic E-state index is -0.210. The van der Waals surface area contributed by atoms with Gasteiger partial charge in [0.1, 0.15) is 17.5 Å². The molecule has 1 aromatic carbocycles. The average Bonchev–Trinajstić information content (AvgIpc) is 3.31. The molecule has 1 aromatic heterocycles. The molecule has 6 nitrogen and oxygen atoms in total. The molecule has 2 fully saturated rings. The highest BCUT2D eigenvalue weighted by atomic mass is 19.1. The molecule has 2 saturated heterocycles. The van der Waals surface area contributed by atoms with Gasteiger partial charge in [-0.2, -0.15) is 0 Å². The Bertz CT molecular complexity index is 951. The van der Waals surface area contributed by atoms with Crippen LogP contribution in [-0.4, -0.2) is 60.2 Å². The Kier molecular flexibility index (Phi) is 7.04. The van der Waals surface area contributed by atoms with E-state index in [-0.39, 0.29) is 17.6 Å². The molecule has 2 aliphatic rings. The van der Waals surface area contributed by atoms with Gasteiger partial charge in [-0.15, -0.1) is 0 Å². The van der Waals surface area contributed by atoms with Gasteiger partial charge in [0.05, 0.1) is 12.5 Å². The third-order valence-electron chi connectivity index (χ3n) is 6.32. The molecular formula is C25H33FN4O2. The van der Waals surface area contributed by atoms with E-state index in [2.05, 4.69) is 18.7 Å². The summed E-state index contributed by atoms with van der Waals surface area (Å²) in [5.74, 6) is 2.14. The largest absolute Gasteiger partial charge is 0.381 e. The van der Waals surface area contributed by atoms with Crippen molar-refractivity contribution in [3.05, 3.63) is 52.7 Å². The van der Waals surface area contributed by atoms with Crippen LogP contribution in [0.25, 0.3) is 0 Å². The Labute approximate surface area is 189 Å². The van der Waals surface area contributed by atoms with Crippen molar-refractivity contribution in [1.82, 2.24) is 14.9 Å². The minimum absolute atomic E-state index is 0.00268. The standard InChI is InChI=1S/C25H33FN4O2/c1-17(2)14-23-27-18(3)21(15-19-6-4-5-7-22(19)26)24(28-23)29-9-11-30(12-10-29)25(31)20-8-13-32-16-20/h4-7,17,20H,8-16H2,1-3H3/t20-/m0/s1. The maximum Gasteiger partial charge on any atom is 0.228 e. The van der Waals surface area contributed by atoms with Crippen LogP contribution in [-0.2, 0) is 22.4 Å². The van der Waals surface area contributed by atoms with Crippen LogP contribution in [0.2, 0.25) is 0 Å². The fraction of sp³-hybridized carbons (Fsp3) is 0.560. The van der Waals surface area contributed by atoms with E-state index < -0.39 is 0 Å². The third-order valence-corrected chi connectivity index (χ3v) is 6.32. The highest BCUT2D eigenvalue weighted by Crippen LogP contribution is 2.27. The van der Waals surface area contributed by atoms with E-state index in [1.807, 2.05) is 24.0 Å². The number of aromatic nitrogens is 2. The number of hydrogen-bond donors (Lipinski definition) is 0. The van der Waals surface area contributed by atoms with Crippen LogP contribution in [0.1, 0.15) is 42.9 Å². The number of carbonyl (C=O) groups is 1. The van der Waals surface area contributed by atoms with Gasteiger partial charge < -0.3 is 14.5 Å². The van der Waals surface area contributed by atoms with Crippen molar-refractivity contribution in [1.29, 1.82) is 0 Å². The van der Waals surface area contributed by atoms with Crippen molar-refractivity contribution in [2.75, 3.05) is 44.3 Å². The number of anilines is 1. The van der Waals surface area contributed by atoms with Gasteiger partial charge in [-0.25, -0.2) is 14.4 Å². The van der Waals surface area contributed by atoms with Crippen LogP contribution in [0.4, 0.5) is 10.2 Å². The first-order valence-electron chi connectivity index (χ1n) is 11.6. The Morgan fingerprint density at radius 1 is 1.19 bits per heavy atom. The maximum atomic E-state index is 14.4. The first-order chi connectivity index (χ1) is 15.4. The van der Waals surface area contributed by atoms with E-state index in [0.717, 1.165) is 35.7 Å². The van der Waals surface area contributed by atoms with Gasteiger partial charge in [0, 0.05) is 56.9 Å². The van der Waals surface area contributed by atoms with Gasteiger partial charge in [-0.1, -0.05) is 32.0 Å². The number of amides is 1. The SMILES string of the molecule is Cc1nc(CC(C)C)nc(N2CCN(C(=O)[C@H]3CCOC3)CC2)c1Cc1ccccc1F. The number of halogens is 1. The minimum Gasteiger partial charge on any atom is -0.381 e. The van der Waals surface area contributed by atoms with Crippen LogP contribution in [0.15, 0.2) is 24.3 Å². The summed E-state index contributed by atoms with van der Waals surface area (Å²) in [6.07, 6.45) is 2.07. The molecule has 172 valence electrons. The van der Waals surface area contributed by atoms with Gasteiger partial charge in [0.15, 0.2) is 0 Å². The third kappa shape index (κ3) is 5.09. The van der Waals surface area contributed by atoms with E-state index in [0.29, 0.717) is 57.3 Å². The highest BCUT2D eigenvalue weighted by Gasteiger charge is 2.31. The molecular weight excluding hydrogens is 407 g/mol. The zero-order chi connectivity index (χ0) is 22.7. The lowest BCUT2D eigenvalue weighted by molar-refractivity contribution is -0.135. The van der Waals surface area contributed by atoms with Crippen molar-refractivity contribution in [2.24, 2.45) is 11.8 Å². The number of benzene rings is 1. The van der Waals surface area contributed by atoms with E-state index in [1.54, 1.807) is 6.07 Å². The van der Waals surface area contributed by atoms with Gasteiger partial charge in [-0.05, 0) is 30.9 Å². The number of nitrogens with zero attached hydrogens (tertiary/aromatic N) is 4. The van der Waals surface area contributed by atoms with Gasteiger partial charge in [0.25, 0.3) is 0 Å². The van der Waals surface area contributed by atoms with Crippen LogP contribution in [0.3, 0.4) is 0 Å². The number of carbonyl (C=O) groups excluding carboxylic acids is 1.